The van der Waals surface area contributed by atoms with E-state index in [0.717, 1.165) is 18.4 Å². The number of carbonyl (C=O) groups excluding carboxylic acids is 1. The minimum Gasteiger partial charge on any atom is -0.339 e. The van der Waals surface area contributed by atoms with E-state index < -0.39 is 15.6 Å². The van der Waals surface area contributed by atoms with Crippen LogP contribution in [0.3, 0.4) is 0 Å². The summed E-state index contributed by atoms with van der Waals surface area (Å²) in [7, 11) is -3.30. The van der Waals surface area contributed by atoms with E-state index in [2.05, 4.69) is 0 Å². The fourth-order valence-electron chi connectivity index (χ4n) is 2.64. The fourth-order valence-corrected chi connectivity index (χ4v) is 3.39. The second-order valence-corrected chi connectivity index (χ2v) is 7.74. The van der Waals surface area contributed by atoms with Crippen molar-refractivity contribution in [2.45, 2.75) is 32.2 Å². The van der Waals surface area contributed by atoms with Crippen LogP contribution in [0.1, 0.15) is 25.3 Å². The molecule has 0 N–H and O–H groups in total. The topological polar surface area (TPSA) is 54.5 Å². The zero-order chi connectivity index (χ0) is 15.5. The molecular formula is C15H20FNO3S. The van der Waals surface area contributed by atoms with Crippen LogP contribution in [0.4, 0.5) is 4.39 Å². The average molecular weight is 313 g/mol. The van der Waals surface area contributed by atoms with Crippen molar-refractivity contribution in [3.63, 3.8) is 0 Å². The predicted octanol–water partition coefficient (Wildman–Crippen LogP) is 1.79. The van der Waals surface area contributed by atoms with Gasteiger partial charge in [-0.05, 0) is 37.0 Å². The molecule has 1 atom stereocenters. The molecule has 0 radical (unpaired) electrons. The van der Waals surface area contributed by atoms with Gasteiger partial charge >= 0.3 is 0 Å². The molecule has 4 nitrogen and oxygen atoms in total. The number of amides is 1. The lowest BCUT2D eigenvalue weighted by Gasteiger charge is -2.24. The standard InChI is InChI=1S/C15H20FNO3S/c1-2-21(19,20)11-15(18)17-9-3-4-14(17)10-12-5-7-13(16)8-6-12/h5-8,14H,2-4,9-11H2,1H3. The highest BCUT2D eigenvalue weighted by Crippen LogP contribution is 2.22. The van der Waals surface area contributed by atoms with E-state index in [1.807, 2.05) is 0 Å². The quantitative estimate of drug-likeness (QED) is 0.833. The molecule has 0 aromatic heterocycles. The fraction of sp³-hybridized carbons (Fsp3) is 0.533. The SMILES string of the molecule is CCS(=O)(=O)CC(=O)N1CCCC1Cc1ccc(F)cc1. The number of carbonyl (C=O) groups is 1. The van der Waals surface area contributed by atoms with Gasteiger partial charge in [0.2, 0.25) is 5.91 Å². The Morgan fingerprint density at radius 2 is 2.00 bits per heavy atom. The van der Waals surface area contributed by atoms with Crippen molar-refractivity contribution in [3.8, 4) is 0 Å². The minimum absolute atomic E-state index is 0.00928. The van der Waals surface area contributed by atoms with E-state index in [4.69, 9.17) is 0 Å². The molecule has 1 fully saturated rings. The third kappa shape index (κ3) is 4.27. The van der Waals surface area contributed by atoms with Gasteiger partial charge in [-0.15, -0.1) is 0 Å². The largest absolute Gasteiger partial charge is 0.339 e. The first kappa shape index (κ1) is 15.9. The highest BCUT2D eigenvalue weighted by atomic mass is 32.2. The third-order valence-electron chi connectivity index (χ3n) is 3.87. The Labute approximate surface area is 124 Å². The number of halogens is 1. The lowest BCUT2D eigenvalue weighted by molar-refractivity contribution is -0.129. The molecule has 21 heavy (non-hydrogen) atoms. The van der Waals surface area contributed by atoms with Crippen molar-refractivity contribution in [2.75, 3.05) is 18.1 Å². The van der Waals surface area contributed by atoms with E-state index in [1.54, 1.807) is 24.0 Å². The van der Waals surface area contributed by atoms with Crippen LogP contribution in [-0.4, -0.2) is 43.3 Å². The summed E-state index contributed by atoms with van der Waals surface area (Å²) in [5.41, 5.74) is 0.958. The summed E-state index contributed by atoms with van der Waals surface area (Å²) in [6.07, 6.45) is 2.37. The van der Waals surface area contributed by atoms with E-state index >= 15 is 0 Å². The molecule has 1 unspecified atom stereocenters. The predicted molar refractivity (Wildman–Crippen MR) is 79.2 cm³/mol. The van der Waals surface area contributed by atoms with E-state index in [-0.39, 0.29) is 23.5 Å². The zero-order valence-electron chi connectivity index (χ0n) is 12.1. The Hall–Kier alpha value is -1.43. The van der Waals surface area contributed by atoms with Crippen molar-refractivity contribution < 1.29 is 17.6 Å². The summed E-state index contributed by atoms with van der Waals surface area (Å²) in [6, 6.07) is 6.23. The lowest BCUT2D eigenvalue weighted by Crippen LogP contribution is -2.40. The Bertz CT molecular complexity index is 598. The maximum Gasteiger partial charge on any atom is 0.238 e. The molecular weight excluding hydrogens is 293 g/mol. The second-order valence-electron chi connectivity index (χ2n) is 5.39. The molecule has 0 saturated carbocycles. The molecule has 1 heterocycles. The molecule has 1 aromatic carbocycles. The van der Waals surface area contributed by atoms with Crippen LogP contribution in [0, 0.1) is 5.82 Å². The van der Waals surface area contributed by atoms with Gasteiger partial charge in [0.25, 0.3) is 0 Å². The Balaban J connectivity index is 2.03. The van der Waals surface area contributed by atoms with Crippen LogP contribution in [0.15, 0.2) is 24.3 Å². The van der Waals surface area contributed by atoms with Crippen LogP contribution in [0.2, 0.25) is 0 Å². The normalized spacial score (nSPS) is 19.0. The molecule has 116 valence electrons. The summed E-state index contributed by atoms with van der Waals surface area (Å²) >= 11 is 0. The third-order valence-corrected chi connectivity index (χ3v) is 5.43. The maximum absolute atomic E-state index is 12.9. The van der Waals surface area contributed by atoms with Gasteiger partial charge in [0.15, 0.2) is 9.84 Å². The molecule has 1 aliphatic rings. The number of sulfone groups is 1. The van der Waals surface area contributed by atoms with Crippen LogP contribution in [0.5, 0.6) is 0 Å². The van der Waals surface area contributed by atoms with E-state index in [9.17, 15) is 17.6 Å². The summed E-state index contributed by atoms with van der Waals surface area (Å²) in [6.45, 7) is 2.15. The van der Waals surface area contributed by atoms with Gasteiger partial charge < -0.3 is 4.90 Å². The molecule has 1 aliphatic heterocycles. The number of hydrogen-bond donors (Lipinski definition) is 0. The van der Waals surface area contributed by atoms with E-state index in [0.29, 0.717) is 13.0 Å². The van der Waals surface area contributed by atoms with E-state index in [1.165, 1.54) is 12.1 Å². The molecule has 1 amide bonds. The number of nitrogens with zero attached hydrogens (tertiary/aromatic N) is 1. The van der Waals surface area contributed by atoms with Crippen molar-refractivity contribution in [1.29, 1.82) is 0 Å². The van der Waals surface area contributed by atoms with Gasteiger partial charge in [-0.25, -0.2) is 12.8 Å². The number of likely N-dealkylation sites (tertiary alicyclic amines) is 1. The number of benzene rings is 1. The Morgan fingerprint density at radius 3 is 2.62 bits per heavy atom. The second kappa shape index (κ2) is 6.56. The van der Waals surface area contributed by atoms with Crippen LogP contribution in [-0.2, 0) is 21.1 Å². The summed E-state index contributed by atoms with van der Waals surface area (Å²) in [5.74, 6) is -1.04. The van der Waals surface area contributed by atoms with Crippen molar-refractivity contribution in [2.24, 2.45) is 0 Å². The van der Waals surface area contributed by atoms with Gasteiger partial charge in [0, 0.05) is 18.3 Å². The van der Waals surface area contributed by atoms with Crippen LogP contribution in [0.25, 0.3) is 0 Å². The molecule has 1 aromatic rings. The molecule has 2 rings (SSSR count). The maximum atomic E-state index is 12.9. The zero-order valence-corrected chi connectivity index (χ0v) is 12.9. The average Bonchev–Trinajstić information content (AvgIpc) is 2.89. The molecule has 0 aliphatic carbocycles. The van der Waals surface area contributed by atoms with Gasteiger partial charge in [-0.3, -0.25) is 4.79 Å². The van der Waals surface area contributed by atoms with Crippen LogP contribution < -0.4 is 0 Å². The Morgan fingerprint density at radius 1 is 1.33 bits per heavy atom. The van der Waals surface area contributed by atoms with Gasteiger partial charge in [-0.2, -0.15) is 0 Å². The summed E-state index contributed by atoms with van der Waals surface area (Å²) in [4.78, 5) is 13.8. The highest BCUT2D eigenvalue weighted by Gasteiger charge is 2.30. The van der Waals surface area contributed by atoms with Gasteiger partial charge in [-0.1, -0.05) is 19.1 Å². The number of hydrogen-bond acceptors (Lipinski definition) is 3. The first-order chi connectivity index (χ1) is 9.91. The van der Waals surface area contributed by atoms with Crippen molar-refractivity contribution in [1.82, 2.24) is 4.90 Å². The Kier molecular flexibility index (Phi) is 4.98. The molecule has 0 bridgehead atoms. The van der Waals surface area contributed by atoms with Crippen molar-refractivity contribution in [3.05, 3.63) is 35.6 Å². The highest BCUT2D eigenvalue weighted by molar-refractivity contribution is 7.92. The minimum atomic E-state index is -3.30. The molecule has 6 heteroatoms. The van der Waals surface area contributed by atoms with Gasteiger partial charge in [0.1, 0.15) is 11.6 Å². The van der Waals surface area contributed by atoms with Gasteiger partial charge in [0.05, 0.1) is 0 Å². The lowest BCUT2D eigenvalue weighted by atomic mass is 10.0. The van der Waals surface area contributed by atoms with Crippen LogP contribution >= 0.6 is 0 Å². The molecule has 1 saturated heterocycles. The number of rotatable bonds is 5. The summed E-state index contributed by atoms with van der Waals surface area (Å²) in [5, 5.41) is 0. The first-order valence-electron chi connectivity index (χ1n) is 7.15. The van der Waals surface area contributed by atoms with Crippen molar-refractivity contribution >= 4 is 15.7 Å². The first-order valence-corrected chi connectivity index (χ1v) is 8.98. The summed E-state index contributed by atoms with van der Waals surface area (Å²) < 4.78 is 36.1. The monoisotopic (exact) mass is 313 g/mol. The smallest absolute Gasteiger partial charge is 0.238 e. The molecule has 0 spiro atoms.